The van der Waals surface area contributed by atoms with Crippen LogP contribution in [-0.2, 0) is 14.4 Å². The second-order valence-electron chi connectivity index (χ2n) is 8.53. The molecule has 1 aliphatic rings. The Bertz CT molecular complexity index is 1160. The lowest BCUT2D eigenvalue weighted by Gasteiger charge is -2.34. The normalized spacial score (nSPS) is 13.7. The first-order valence-electron chi connectivity index (χ1n) is 12.6. The first-order chi connectivity index (χ1) is 19.3. The summed E-state index contributed by atoms with van der Waals surface area (Å²) in [6.45, 7) is 4.20. The molecule has 10 heteroatoms. The molecule has 0 radical (unpaired) electrons. The summed E-state index contributed by atoms with van der Waals surface area (Å²) in [5.74, 6) is -1.21. The van der Waals surface area contributed by atoms with Crippen molar-refractivity contribution in [2.45, 2.75) is 6.42 Å². The van der Waals surface area contributed by atoms with E-state index in [9.17, 15) is 24.6 Å². The summed E-state index contributed by atoms with van der Waals surface area (Å²) in [4.78, 5) is 35.8. The Morgan fingerprint density at radius 1 is 0.775 bits per heavy atom. The molecule has 10 nitrogen and oxygen atoms in total. The number of nitrogens with zero attached hydrogens (tertiary/aromatic N) is 2. The van der Waals surface area contributed by atoms with Crippen molar-refractivity contribution in [3.8, 4) is 17.2 Å². The van der Waals surface area contributed by atoms with Gasteiger partial charge in [0.05, 0.1) is 33.3 Å². The third kappa shape index (κ3) is 11.0. The van der Waals surface area contributed by atoms with Gasteiger partial charge in [-0.15, -0.1) is 0 Å². The number of benzene rings is 2. The van der Waals surface area contributed by atoms with Crippen molar-refractivity contribution >= 4 is 30.0 Å². The van der Waals surface area contributed by atoms with Crippen LogP contribution >= 0.6 is 0 Å². The summed E-state index contributed by atoms with van der Waals surface area (Å²) >= 11 is 0. The van der Waals surface area contributed by atoms with Gasteiger partial charge in [-0.2, -0.15) is 0 Å². The number of carboxylic acids is 2. The minimum atomic E-state index is -1.55. The van der Waals surface area contributed by atoms with Crippen molar-refractivity contribution in [3.63, 3.8) is 0 Å². The highest BCUT2D eigenvalue weighted by atomic mass is 16.5. The van der Waals surface area contributed by atoms with Crippen molar-refractivity contribution < 1.29 is 38.8 Å². The summed E-state index contributed by atoms with van der Waals surface area (Å²) in [5.41, 5.74) is 2.10. The van der Waals surface area contributed by atoms with E-state index in [1.165, 1.54) is 5.56 Å². The number of amides is 1. The SMILES string of the molecule is COc1cc(C=CCC(=O)N2CCN(CC=Cc3ccccc3)CC2)cc(OC)c1OC.O=C([O-])/C=C\C(=O)[O-]. The highest BCUT2D eigenvalue weighted by molar-refractivity contribution is 5.87. The summed E-state index contributed by atoms with van der Waals surface area (Å²) in [6, 6.07) is 14.0. The van der Waals surface area contributed by atoms with E-state index in [2.05, 4.69) is 29.2 Å². The smallest absolute Gasteiger partial charge is 0.226 e. The number of carbonyl (C=O) groups excluding carboxylic acids is 3. The molecule has 40 heavy (non-hydrogen) atoms. The van der Waals surface area contributed by atoms with Crippen molar-refractivity contribution in [2.24, 2.45) is 0 Å². The molecule has 0 N–H and O–H groups in total. The van der Waals surface area contributed by atoms with E-state index in [4.69, 9.17) is 14.2 Å². The first kappa shape index (κ1) is 31.6. The molecular weight excluding hydrogens is 516 g/mol. The fourth-order valence-corrected chi connectivity index (χ4v) is 3.84. The zero-order valence-electron chi connectivity index (χ0n) is 22.9. The van der Waals surface area contributed by atoms with Gasteiger partial charge in [-0.05, 0) is 35.4 Å². The largest absolute Gasteiger partial charge is 0.545 e. The van der Waals surface area contributed by atoms with Crippen LogP contribution in [0, 0.1) is 0 Å². The average Bonchev–Trinajstić information content (AvgIpc) is 2.96. The molecule has 0 unspecified atom stereocenters. The van der Waals surface area contributed by atoms with Gasteiger partial charge in [0.15, 0.2) is 11.5 Å². The minimum absolute atomic E-state index is 0.146. The van der Waals surface area contributed by atoms with Gasteiger partial charge in [0, 0.05) is 39.1 Å². The Kier molecular flexibility index (Phi) is 13.5. The van der Waals surface area contributed by atoms with E-state index in [1.54, 1.807) is 21.3 Å². The number of piperazine rings is 1. The fraction of sp³-hybridized carbons (Fsp3) is 0.300. The number of carboxylic acid groups (broad SMARTS) is 2. The standard InChI is InChI=1S/C26H32N2O4.C4H4O4/c1-30-23-19-22(20-24(31-2)26(23)32-3)11-7-13-25(29)28-17-15-27(16-18-28)14-8-12-21-9-5-4-6-10-21;5-3(6)1-2-4(7)8/h4-12,19-20H,13-18H2,1-3H3;1-2H,(H,5,6)(H,7,8)/p-2/b;2-1-. The highest BCUT2D eigenvalue weighted by Gasteiger charge is 2.19. The van der Waals surface area contributed by atoms with Crippen LogP contribution in [0.3, 0.4) is 0 Å². The molecule has 1 saturated heterocycles. The van der Waals surface area contributed by atoms with Gasteiger partial charge < -0.3 is 38.9 Å². The number of carbonyl (C=O) groups is 3. The van der Waals surface area contributed by atoms with Gasteiger partial charge >= 0.3 is 0 Å². The van der Waals surface area contributed by atoms with E-state index in [-0.39, 0.29) is 5.91 Å². The topological polar surface area (TPSA) is 132 Å². The number of hydrogen-bond acceptors (Lipinski definition) is 9. The maximum absolute atomic E-state index is 12.6. The van der Waals surface area contributed by atoms with E-state index in [0.717, 1.165) is 38.3 Å². The van der Waals surface area contributed by atoms with Crippen molar-refractivity contribution in [1.29, 1.82) is 0 Å². The molecule has 0 aliphatic carbocycles. The molecule has 1 amide bonds. The molecule has 1 heterocycles. The van der Waals surface area contributed by atoms with E-state index >= 15 is 0 Å². The average molecular weight is 551 g/mol. The molecule has 1 aliphatic heterocycles. The molecule has 3 rings (SSSR count). The minimum Gasteiger partial charge on any atom is -0.545 e. The van der Waals surface area contributed by atoms with Crippen LogP contribution in [0.1, 0.15) is 17.5 Å². The van der Waals surface area contributed by atoms with Crippen molar-refractivity contribution in [3.05, 3.63) is 77.9 Å². The highest BCUT2D eigenvalue weighted by Crippen LogP contribution is 2.38. The molecule has 2 aromatic carbocycles. The van der Waals surface area contributed by atoms with Crippen LogP contribution in [-0.4, -0.2) is 81.7 Å². The Morgan fingerprint density at radius 3 is 1.82 bits per heavy atom. The predicted octanol–water partition coefficient (Wildman–Crippen LogP) is 1.02. The van der Waals surface area contributed by atoms with E-state index < -0.39 is 11.9 Å². The van der Waals surface area contributed by atoms with Gasteiger partial charge in [-0.3, -0.25) is 9.69 Å². The second-order valence-corrected chi connectivity index (χ2v) is 8.53. The lowest BCUT2D eigenvalue weighted by atomic mass is 10.1. The fourth-order valence-electron chi connectivity index (χ4n) is 3.84. The Labute approximate surface area is 234 Å². The lowest BCUT2D eigenvalue weighted by Crippen LogP contribution is -2.48. The maximum atomic E-state index is 12.6. The molecule has 1 fully saturated rings. The van der Waals surface area contributed by atoms with E-state index in [1.807, 2.05) is 47.4 Å². The van der Waals surface area contributed by atoms with Crippen molar-refractivity contribution in [1.82, 2.24) is 9.80 Å². The number of hydrogen-bond donors (Lipinski definition) is 0. The van der Waals surface area contributed by atoms with Gasteiger partial charge in [0.2, 0.25) is 11.7 Å². The van der Waals surface area contributed by atoms with Crippen LogP contribution in [0.25, 0.3) is 12.2 Å². The van der Waals surface area contributed by atoms with E-state index in [0.29, 0.717) is 35.8 Å². The van der Waals surface area contributed by atoms with Gasteiger partial charge in [-0.1, -0.05) is 54.6 Å². The quantitative estimate of drug-likeness (QED) is 0.376. The third-order valence-corrected chi connectivity index (χ3v) is 5.84. The van der Waals surface area contributed by atoms with Crippen LogP contribution < -0.4 is 24.4 Å². The Balaban J connectivity index is 0.000000611. The van der Waals surface area contributed by atoms with Crippen LogP contribution in [0.5, 0.6) is 17.2 Å². The van der Waals surface area contributed by atoms with Gasteiger partial charge in [-0.25, -0.2) is 0 Å². The third-order valence-electron chi connectivity index (χ3n) is 5.84. The molecule has 0 atom stereocenters. The second kappa shape index (κ2) is 17.1. The summed E-state index contributed by atoms with van der Waals surface area (Å²) in [7, 11) is 4.75. The zero-order valence-corrected chi connectivity index (χ0v) is 22.9. The first-order valence-corrected chi connectivity index (χ1v) is 12.6. The molecule has 214 valence electrons. The molecule has 0 bridgehead atoms. The van der Waals surface area contributed by atoms with Crippen LogP contribution in [0.4, 0.5) is 0 Å². The maximum Gasteiger partial charge on any atom is 0.226 e. The Morgan fingerprint density at radius 2 is 1.32 bits per heavy atom. The Hall–Kier alpha value is -4.57. The summed E-state index contributed by atoms with van der Waals surface area (Å²) in [5, 5.41) is 18.8. The number of ether oxygens (including phenoxy) is 3. The molecule has 0 saturated carbocycles. The zero-order chi connectivity index (χ0) is 29.3. The molecule has 2 aromatic rings. The number of methoxy groups -OCH3 is 3. The van der Waals surface area contributed by atoms with Gasteiger partial charge in [0.1, 0.15) is 0 Å². The lowest BCUT2D eigenvalue weighted by molar-refractivity contribution is -0.301. The number of aliphatic carboxylic acids is 2. The number of rotatable bonds is 11. The van der Waals surface area contributed by atoms with Crippen LogP contribution in [0.2, 0.25) is 0 Å². The van der Waals surface area contributed by atoms with Gasteiger partial charge in [0.25, 0.3) is 0 Å². The molecule has 0 spiro atoms. The van der Waals surface area contributed by atoms with Crippen molar-refractivity contribution in [2.75, 3.05) is 54.1 Å². The molecule has 0 aromatic heterocycles. The summed E-state index contributed by atoms with van der Waals surface area (Å²) < 4.78 is 16.1. The predicted molar refractivity (Wildman–Crippen MR) is 147 cm³/mol. The summed E-state index contributed by atoms with van der Waals surface area (Å²) in [6.07, 6.45) is 9.26. The molecular formula is C30H34N2O8-2. The van der Waals surface area contributed by atoms with Crippen LogP contribution in [0.15, 0.2) is 66.8 Å². The monoisotopic (exact) mass is 550 g/mol.